The fourth-order valence-electron chi connectivity index (χ4n) is 7.46. The van der Waals surface area contributed by atoms with E-state index in [4.69, 9.17) is 4.74 Å². The monoisotopic (exact) mass is 550 g/mol. The second-order valence-corrected chi connectivity index (χ2v) is 13.0. The van der Waals surface area contributed by atoms with Gasteiger partial charge >= 0.3 is 5.97 Å². The number of likely N-dealkylation sites (tertiary alicyclic amines) is 1. The van der Waals surface area contributed by atoms with Gasteiger partial charge in [-0.2, -0.15) is 0 Å². The first-order valence-electron chi connectivity index (χ1n) is 14.5. The molecule has 39 heavy (non-hydrogen) atoms. The van der Waals surface area contributed by atoms with Crippen molar-refractivity contribution >= 4 is 29.5 Å². The SMILES string of the molecule is O=C1OCCCC/C=C\[C@@H]2S[C@]34C=CCN(C5CCCCC5)C(=O)C3N([C@H](CO)c3ccccc3)C(=O)[C@@H]4[C@H]12. The maximum atomic E-state index is 14.7. The number of fused-ring (bicyclic) bond motifs is 2. The Morgan fingerprint density at radius 1 is 1.00 bits per heavy atom. The Hall–Kier alpha value is -2.58. The molecule has 1 unspecified atom stereocenters. The van der Waals surface area contributed by atoms with Crippen LogP contribution in [0.1, 0.15) is 63.0 Å². The summed E-state index contributed by atoms with van der Waals surface area (Å²) in [4.78, 5) is 46.4. The third kappa shape index (κ3) is 4.53. The molecule has 5 aliphatic rings. The van der Waals surface area contributed by atoms with E-state index in [1.807, 2.05) is 41.3 Å². The van der Waals surface area contributed by atoms with E-state index in [0.29, 0.717) is 13.2 Å². The number of rotatable bonds is 4. The van der Waals surface area contributed by atoms with Crippen molar-refractivity contribution in [2.24, 2.45) is 11.8 Å². The molecule has 0 bridgehead atoms. The molecule has 4 aliphatic heterocycles. The van der Waals surface area contributed by atoms with E-state index >= 15 is 0 Å². The molecule has 1 saturated carbocycles. The maximum Gasteiger partial charge on any atom is 0.311 e. The summed E-state index contributed by atoms with van der Waals surface area (Å²) in [5.41, 5.74) is 0.781. The van der Waals surface area contributed by atoms with Gasteiger partial charge in [-0.1, -0.05) is 73.9 Å². The number of amides is 2. The number of allylic oxidation sites excluding steroid dienone is 1. The zero-order valence-electron chi connectivity index (χ0n) is 22.3. The standard InChI is InChI=1S/C31H38N2O5S/c34-20-23(21-12-5-3-6-13-21)33-27-29(36)32(22-14-7-4-8-15-22)18-11-17-31(27)26(28(33)35)25-24(39-31)16-9-1-2-10-19-38-30(25)37/h3,5-6,9,11-13,16-17,22-27,34H,1-2,4,7-8,10,14-15,18-20H2/b16-9-/t23-,24+,25-,26+,27?,31+/m1/s1. The van der Waals surface area contributed by atoms with Crippen molar-refractivity contribution < 1.29 is 24.2 Å². The Bertz CT molecular complexity index is 1150. The Morgan fingerprint density at radius 2 is 1.79 bits per heavy atom. The van der Waals surface area contributed by atoms with Crippen LogP contribution in [0.15, 0.2) is 54.6 Å². The van der Waals surface area contributed by atoms with Crippen molar-refractivity contribution in [1.29, 1.82) is 0 Å². The summed E-state index contributed by atoms with van der Waals surface area (Å²) in [6.07, 6.45) is 16.2. The number of carbonyl (C=O) groups is 3. The van der Waals surface area contributed by atoms with Crippen LogP contribution in [0, 0.1) is 11.8 Å². The smallest absolute Gasteiger partial charge is 0.311 e. The molecule has 3 fully saturated rings. The van der Waals surface area contributed by atoms with Crippen LogP contribution in [0.5, 0.6) is 0 Å². The first kappa shape index (κ1) is 26.6. The van der Waals surface area contributed by atoms with Crippen molar-refractivity contribution in [2.45, 2.75) is 79.5 Å². The lowest BCUT2D eigenvalue weighted by Gasteiger charge is -2.41. The first-order valence-corrected chi connectivity index (χ1v) is 15.4. The van der Waals surface area contributed by atoms with Crippen LogP contribution in [-0.4, -0.2) is 74.5 Å². The van der Waals surface area contributed by atoms with Crippen LogP contribution >= 0.6 is 11.8 Å². The Morgan fingerprint density at radius 3 is 2.56 bits per heavy atom. The molecule has 208 valence electrons. The first-order chi connectivity index (χ1) is 19.1. The molecule has 1 aliphatic carbocycles. The lowest BCUT2D eigenvalue weighted by Crippen LogP contribution is -2.56. The van der Waals surface area contributed by atoms with Crippen LogP contribution in [-0.2, 0) is 19.1 Å². The van der Waals surface area contributed by atoms with Gasteiger partial charge < -0.3 is 19.6 Å². The summed E-state index contributed by atoms with van der Waals surface area (Å²) < 4.78 is 4.81. The van der Waals surface area contributed by atoms with E-state index in [0.717, 1.165) is 50.5 Å². The number of nitrogens with zero attached hydrogens (tertiary/aromatic N) is 2. The number of cyclic esters (lactones) is 1. The molecule has 6 atom stereocenters. The molecule has 8 heteroatoms. The number of thioether (sulfide) groups is 1. The van der Waals surface area contributed by atoms with Gasteiger partial charge in [0.2, 0.25) is 11.8 Å². The zero-order chi connectivity index (χ0) is 27.0. The third-order valence-corrected chi connectivity index (χ3v) is 11.0. The Kier molecular flexibility index (Phi) is 7.60. The highest BCUT2D eigenvalue weighted by Crippen LogP contribution is 2.62. The van der Waals surface area contributed by atoms with Gasteiger partial charge in [0.05, 0.1) is 35.8 Å². The van der Waals surface area contributed by atoms with Crippen LogP contribution in [0.3, 0.4) is 0 Å². The second-order valence-electron chi connectivity index (χ2n) is 11.5. The van der Waals surface area contributed by atoms with Crippen LogP contribution < -0.4 is 0 Å². The van der Waals surface area contributed by atoms with E-state index in [1.165, 1.54) is 6.42 Å². The second kappa shape index (κ2) is 11.1. The summed E-state index contributed by atoms with van der Waals surface area (Å²) in [5, 5.41) is 10.4. The van der Waals surface area contributed by atoms with Gasteiger partial charge in [-0.25, -0.2) is 0 Å². The number of benzene rings is 1. The summed E-state index contributed by atoms with van der Waals surface area (Å²) in [5.74, 6) is -2.08. The van der Waals surface area contributed by atoms with Crippen molar-refractivity contribution in [3.63, 3.8) is 0 Å². The number of esters is 1. The largest absolute Gasteiger partial charge is 0.465 e. The molecule has 6 rings (SSSR count). The molecule has 0 aromatic heterocycles. The van der Waals surface area contributed by atoms with Gasteiger partial charge in [-0.3, -0.25) is 14.4 Å². The minimum absolute atomic E-state index is 0.0642. The molecular weight excluding hydrogens is 512 g/mol. The number of hydrogen-bond acceptors (Lipinski definition) is 6. The molecule has 1 aromatic carbocycles. The maximum absolute atomic E-state index is 14.7. The molecule has 2 amide bonds. The van der Waals surface area contributed by atoms with Gasteiger partial charge in [-0.05, 0) is 37.7 Å². The van der Waals surface area contributed by atoms with Crippen molar-refractivity contribution in [1.82, 2.24) is 9.80 Å². The van der Waals surface area contributed by atoms with Crippen molar-refractivity contribution in [3.8, 4) is 0 Å². The average Bonchev–Trinajstić information content (AvgIpc) is 3.35. The van der Waals surface area contributed by atoms with Crippen LogP contribution in [0.4, 0.5) is 0 Å². The number of aliphatic hydroxyl groups excluding tert-OH is 1. The lowest BCUT2D eigenvalue weighted by molar-refractivity contribution is -0.154. The van der Waals surface area contributed by atoms with E-state index in [1.54, 1.807) is 16.7 Å². The molecule has 1 aromatic rings. The lowest BCUT2D eigenvalue weighted by atomic mass is 9.78. The van der Waals surface area contributed by atoms with Gasteiger partial charge in [-0.15, -0.1) is 11.8 Å². The number of carbonyl (C=O) groups excluding carboxylic acids is 3. The molecule has 1 spiro atoms. The molecule has 1 N–H and O–H groups in total. The van der Waals surface area contributed by atoms with Crippen molar-refractivity contribution in [2.75, 3.05) is 19.8 Å². The minimum atomic E-state index is -0.910. The van der Waals surface area contributed by atoms with E-state index in [2.05, 4.69) is 18.2 Å². The predicted octanol–water partition coefficient (Wildman–Crippen LogP) is 4.03. The Labute approximate surface area is 234 Å². The summed E-state index contributed by atoms with van der Waals surface area (Å²) >= 11 is 1.57. The van der Waals surface area contributed by atoms with E-state index < -0.39 is 28.7 Å². The normalized spacial score (nSPS) is 35.1. The molecule has 7 nitrogen and oxygen atoms in total. The molecular formula is C31H38N2O5S. The van der Waals surface area contributed by atoms with Gasteiger partial charge in [0.15, 0.2) is 0 Å². The zero-order valence-corrected chi connectivity index (χ0v) is 23.1. The molecule has 2 saturated heterocycles. The van der Waals surface area contributed by atoms with E-state index in [-0.39, 0.29) is 35.7 Å². The van der Waals surface area contributed by atoms with Crippen LogP contribution in [0.2, 0.25) is 0 Å². The summed E-state index contributed by atoms with van der Waals surface area (Å²) in [6, 6.07) is 8.09. The fourth-order valence-corrected chi connectivity index (χ4v) is 9.45. The topological polar surface area (TPSA) is 87.2 Å². The van der Waals surface area contributed by atoms with Crippen LogP contribution in [0.25, 0.3) is 0 Å². The highest BCUT2D eigenvalue weighted by molar-refractivity contribution is 8.02. The predicted molar refractivity (Wildman–Crippen MR) is 150 cm³/mol. The van der Waals surface area contributed by atoms with Crippen molar-refractivity contribution in [3.05, 3.63) is 60.2 Å². The Balaban J connectivity index is 1.47. The quantitative estimate of drug-likeness (QED) is 0.450. The van der Waals surface area contributed by atoms with E-state index in [9.17, 15) is 19.5 Å². The fraction of sp³-hybridized carbons (Fsp3) is 0.581. The minimum Gasteiger partial charge on any atom is -0.465 e. The number of ether oxygens (including phenoxy) is 1. The van der Waals surface area contributed by atoms with Gasteiger partial charge in [0.1, 0.15) is 6.04 Å². The third-order valence-electron chi connectivity index (χ3n) is 9.28. The van der Waals surface area contributed by atoms with Gasteiger partial charge in [0.25, 0.3) is 0 Å². The average molecular weight is 551 g/mol. The summed E-state index contributed by atoms with van der Waals surface area (Å²) in [7, 11) is 0. The highest BCUT2D eigenvalue weighted by Gasteiger charge is 2.72. The highest BCUT2D eigenvalue weighted by atomic mass is 32.2. The molecule has 0 radical (unpaired) electrons. The number of hydrogen-bond donors (Lipinski definition) is 1. The number of aliphatic hydroxyl groups is 1. The van der Waals surface area contributed by atoms with Gasteiger partial charge in [0, 0.05) is 17.8 Å². The summed E-state index contributed by atoms with van der Waals surface area (Å²) in [6.45, 7) is 0.537. The molecule has 4 heterocycles.